The number of nitrogens with zero attached hydrogens (tertiary/aromatic N) is 2. The number of para-hydroxylation sites is 4. The molecule has 0 atom stereocenters. The summed E-state index contributed by atoms with van der Waals surface area (Å²) in [5.41, 5.74) is 1.55. The summed E-state index contributed by atoms with van der Waals surface area (Å²) in [5.74, 6) is -1.49. The van der Waals surface area contributed by atoms with E-state index in [1.165, 1.54) is 24.5 Å². The number of amides is 1. The molecule has 3 aromatic rings. The highest BCUT2D eigenvalue weighted by atomic mass is 19.3. The molecule has 1 N–H and O–H groups in total. The summed E-state index contributed by atoms with van der Waals surface area (Å²) in [7, 11) is 0. The topological polar surface area (TPSA) is 82.5 Å². The number of aromatic nitrogens is 2. The lowest BCUT2D eigenvalue weighted by molar-refractivity contribution is -0.147. The number of ether oxygens (including phenoxy) is 2. The van der Waals surface area contributed by atoms with Crippen molar-refractivity contribution in [2.75, 3.05) is 11.9 Å². The van der Waals surface area contributed by atoms with Crippen molar-refractivity contribution in [2.24, 2.45) is 0 Å². The van der Waals surface area contributed by atoms with Crippen LogP contribution < -0.4 is 10.1 Å². The molecule has 0 saturated carbocycles. The number of fused-ring (bicyclic) bond motifs is 1. The molecule has 7 nitrogen and oxygen atoms in total. The smallest absolute Gasteiger partial charge is 0.387 e. The monoisotopic (exact) mass is 375 g/mol. The van der Waals surface area contributed by atoms with E-state index in [0.717, 1.165) is 11.0 Å². The Kier molecular flexibility index (Phi) is 5.60. The number of benzene rings is 2. The first-order valence-electron chi connectivity index (χ1n) is 7.92. The Labute approximate surface area is 152 Å². The van der Waals surface area contributed by atoms with E-state index in [4.69, 9.17) is 4.74 Å². The van der Waals surface area contributed by atoms with E-state index in [1.54, 1.807) is 10.6 Å². The largest absolute Gasteiger partial charge is 0.454 e. The van der Waals surface area contributed by atoms with E-state index in [1.807, 2.05) is 24.3 Å². The molecular formula is C18H15F2N3O4. The van der Waals surface area contributed by atoms with E-state index in [9.17, 15) is 18.4 Å². The minimum atomic E-state index is -3.02. The second-order valence-electron chi connectivity index (χ2n) is 5.44. The number of anilines is 1. The van der Waals surface area contributed by atoms with Crippen molar-refractivity contribution >= 4 is 28.6 Å². The van der Waals surface area contributed by atoms with Gasteiger partial charge < -0.3 is 19.4 Å². The average Bonchev–Trinajstić information content (AvgIpc) is 3.04. The number of rotatable bonds is 7. The maximum Gasteiger partial charge on any atom is 0.387 e. The predicted molar refractivity (Wildman–Crippen MR) is 92.4 cm³/mol. The van der Waals surface area contributed by atoms with Crippen molar-refractivity contribution in [1.82, 2.24) is 9.55 Å². The number of esters is 1. The third-order valence-electron chi connectivity index (χ3n) is 3.57. The number of imidazole rings is 1. The second-order valence-corrected chi connectivity index (χ2v) is 5.44. The lowest BCUT2D eigenvalue weighted by Gasteiger charge is -2.12. The van der Waals surface area contributed by atoms with Gasteiger partial charge in [0.2, 0.25) is 0 Å². The molecule has 2 aromatic carbocycles. The van der Waals surface area contributed by atoms with Crippen molar-refractivity contribution in [3.8, 4) is 5.75 Å². The molecule has 1 heterocycles. The summed E-state index contributed by atoms with van der Waals surface area (Å²) in [6.07, 6.45) is 1.50. The summed E-state index contributed by atoms with van der Waals surface area (Å²) in [5, 5.41) is 2.37. The molecule has 1 amide bonds. The Bertz CT molecular complexity index is 958. The highest BCUT2D eigenvalue weighted by molar-refractivity contribution is 5.94. The molecular weight excluding hydrogens is 360 g/mol. The summed E-state index contributed by atoms with van der Waals surface area (Å²) in [6, 6.07) is 13.0. The van der Waals surface area contributed by atoms with Crippen LogP contribution in [0, 0.1) is 0 Å². The van der Waals surface area contributed by atoms with Gasteiger partial charge in [-0.2, -0.15) is 8.78 Å². The number of carbonyl (C=O) groups excluding carboxylic acids is 2. The fourth-order valence-corrected chi connectivity index (χ4v) is 2.42. The van der Waals surface area contributed by atoms with Crippen LogP contribution in [0.15, 0.2) is 54.9 Å². The third kappa shape index (κ3) is 4.78. The number of hydrogen-bond donors (Lipinski definition) is 1. The molecule has 27 heavy (non-hydrogen) atoms. The predicted octanol–water partition coefficient (Wildman–Crippen LogP) is 2.82. The molecule has 0 aliphatic carbocycles. The van der Waals surface area contributed by atoms with Crippen LogP contribution in [0.3, 0.4) is 0 Å². The lowest BCUT2D eigenvalue weighted by Crippen LogP contribution is -2.23. The first-order valence-corrected chi connectivity index (χ1v) is 7.92. The van der Waals surface area contributed by atoms with Crippen molar-refractivity contribution < 1.29 is 27.8 Å². The maximum absolute atomic E-state index is 12.4. The molecule has 0 spiro atoms. The van der Waals surface area contributed by atoms with Crippen LogP contribution >= 0.6 is 0 Å². The molecule has 0 bridgehead atoms. The van der Waals surface area contributed by atoms with Crippen LogP contribution in [-0.2, 0) is 20.9 Å². The zero-order valence-electron chi connectivity index (χ0n) is 14.0. The fourth-order valence-electron chi connectivity index (χ4n) is 2.42. The SMILES string of the molecule is O=C(COC(=O)Cn1cnc2ccccc21)Nc1ccccc1OC(F)F. The Morgan fingerprint density at radius 2 is 1.85 bits per heavy atom. The van der Waals surface area contributed by atoms with Crippen molar-refractivity contribution in [3.05, 3.63) is 54.9 Å². The zero-order valence-corrected chi connectivity index (χ0v) is 14.0. The number of halogens is 2. The fraction of sp³-hybridized carbons (Fsp3) is 0.167. The van der Waals surface area contributed by atoms with Gasteiger partial charge in [0, 0.05) is 0 Å². The van der Waals surface area contributed by atoms with E-state index >= 15 is 0 Å². The second kappa shape index (κ2) is 8.26. The van der Waals surface area contributed by atoms with E-state index in [2.05, 4.69) is 15.0 Å². The molecule has 0 radical (unpaired) electrons. The Morgan fingerprint density at radius 1 is 1.11 bits per heavy atom. The van der Waals surface area contributed by atoms with Gasteiger partial charge >= 0.3 is 12.6 Å². The standard InChI is InChI=1S/C18H15F2N3O4/c19-18(20)27-15-8-4-2-6-13(15)22-16(24)10-26-17(25)9-23-11-21-12-5-1-3-7-14(12)23/h1-8,11,18H,9-10H2,(H,22,24). The lowest BCUT2D eigenvalue weighted by atomic mass is 10.3. The molecule has 0 aliphatic rings. The molecule has 9 heteroatoms. The van der Waals surface area contributed by atoms with Gasteiger partial charge in [0.05, 0.1) is 23.0 Å². The summed E-state index contributed by atoms with van der Waals surface area (Å²) < 4.78 is 35.6. The minimum absolute atomic E-state index is 0.0550. The first kappa shape index (κ1) is 18.3. The van der Waals surface area contributed by atoms with Gasteiger partial charge in [-0.1, -0.05) is 24.3 Å². The molecule has 0 aliphatic heterocycles. The van der Waals surface area contributed by atoms with Crippen molar-refractivity contribution in [3.63, 3.8) is 0 Å². The Morgan fingerprint density at radius 3 is 2.67 bits per heavy atom. The average molecular weight is 375 g/mol. The third-order valence-corrected chi connectivity index (χ3v) is 3.57. The van der Waals surface area contributed by atoms with Crippen molar-refractivity contribution in [2.45, 2.75) is 13.2 Å². The highest BCUT2D eigenvalue weighted by Gasteiger charge is 2.14. The van der Waals surface area contributed by atoms with E-state index in [0.29, 0.717) is 0 Å². The van der Waals surface area contributed by atoms with E-state index < -0.39 is 25.1 Å². The summed E-state index contributed by atoms with van der Waals surface area (Å²) in [4.78, 5) is 28.0. The van der Waals surface area contributed by atoms with E-state index in [-0.39, 0.29) is 18.0 Å². The van der Waals surface area contributed by atoms with Gasteiger partial charge in [-0.25, -0.2) is 4.98 Å². The molecule has 0 saturated heterocycles. The minimum Gasteiger partial charge on any atom is -0.454 e. The van der Waals surface area contributed by atoms with Gasteiger partial charge in [-0.05, 0) is 24.3 Å². The first-order chi connectivity index (χ1) is 13.0. The Balaban J connectivity index is 1.54. The number of carbonyl (C=O) groups is 2. The zero-order chi connectivity index (χ0) is 19.2. The molecule has 0 fully saturated rings. The van der Waals surface area contributed by atoms with Crippen LogP contribution in [0.1, 0.15) is 0 Å². The number of hydrogen-bond acceptors (Lipinski definition) is 5. The van der Waals surface area contributed by atoms with Crippen LogP contribution in [0.5, 0.6) is 5.75 Å². The van der Waals surface area contributed by atoms with Gasteiger partial charge in [0.15, 0.2) is 6.61 Å². The van der Waals surface area contributed by atoms with Gasteiger partial charge in [0.1, 0.15) is 12.3 Å². The van der Waals surface area contributed by atoms with Gasteiger partial charge in [-0.3, -0.25) is 9.59 Å². The van der Waals surface area contributed by atoms with Crippen LogP contribution in [0.2, 0.25) is 0 Å². The van der Waals surface area contributed by atoms with Gasteiger partial charge in [-0.15, -0.1) is 0 Å². The highest BCUT2D eigenvalue weighted by Crippen LogP contribution is 2.25. The molecule has 1 aromatic heterocycles. The number of alkyl halides is 2. The molecule has 0 unspecified atom stereocenters. The van der Waals surface area contributed by atoms with Crippen LogP contribution in [-0.4, -0.2) is 34.6 Å². The Hall–Kier alpha value is -3.49. The van der Waals surface area contributed by atoms with Crippen LogP contribution in [0.25, 0.3) is 11.0 Å². The summed E-state index contributed by atoms with van der Waals surface area (Å²) in [6.45, 7) is -3.70. The summed E-state index contributed by atoms with van der Waals surface area (Å²) >= 11 is 0. The maximum atomic E-state index is 12.4. The van der Waals surface area contributed by atoms with Gasteiger partial charge in [0.25, 0.3) is 5.91 Å². The quantitative estimate of drug-likeness (QED) is 0.642. The number of nitrogens with one attached hydrogen (secondary N) is 1. The van der Waals surface area contributed by atoms with Crippen molar-refractivity contribution in [1.29, 1.82) is 0 Å². The van der Waals surface area contributed by atoms with Crippen LogP contribution in [0.4, 0.5) is 14.5 Å². The molecule has 140 valence electrons. The normalized spacial score (nSPS) is 10.8. The molecule has 3 rings (SSSR count).